The summed E-state index contributed by atoms with van der Waals surface area (Å²) in [5, 5.41) is 6.94. The lowest BCUT2D eigenvalue weighted by Gasteiger charge is -2.45. The van der Waals surface area contributed by atoms with Crippen LogP contribution in [0.2, 0.25) is 0 Å². The van der Waals surface area contributed by atoms with E-state index in [9.17, 15) is 14.4 Å². The second kappa shape index (κ2) is 9.80. The average Bonchev–Trinajstić information content (AvgIpc) is 3.41. The summed E-state index contributed by atoms with van der Waals surface area (Å²) in [6, 6.07) is 8.19. The maximum absolute atomic E-state index is 14.1. The average molecular weight is 467 g/mol. The molecule has 3 atom stereocenters. The van der Waals surface area contributed by atoms with Gasteiger partial charge in [0.05, 0.1) is 0 Å². The minimum atomic E-state index is -0.716. The van der Waals surface area contributed by atoms with Crippen molar-refractivity contribution in [3.05, 3.63) is 57.8 Å². The molecule has 2 amide bonds. The summed E-state index contributed by atoms with van der Waals surface area (Å²) in [6.45, 7) is 8.12. The molecular weight excluding hydrogens is 432 g/mol. The van der Waals surface area contributed by atoms with Gasteiger partial charge in [0.1, 0.15) is 18.1 Å². The van der Waals surface area contributed by atoms with Crippen molar-refractivity contribution in [3.63, 3.8) is 0 Å². The fourth-order valence-electron chi connectivity index (χ4n) is 5.32. The van der Waals surface area contributed by atoms with E-state index < -0.39 is 18.1 Å². The number of benzene rings is 1. The van der Waals surface area contributed by atoms with E-state index >= 15 is 0 Å². The SMILES string of the molecule is CC(C)CC(=O)[C@@H](c1ccsc1)N1C(=O)[C@@H](C2Cc3ccccc3C2)NC(=O)[C@H]1CC(C)C. The van der Waals surface area contributed by atoms with Gasteiger partial charge in [0.2, 0.25) is 11.8 Å². The van der Waals surface area contributed by atoms with Crippen molar-refractivity contribution in [1.29, 1.82) is 0 Å². The largest absolute Gasteiger partial charge is 0.342 e. The predicted octanol–water partition coefficient (Wildman–Crippen LogP) is 4.56. The molecule has 1 N–H and O–H groups in total. The van der Waals surface area contributed by atoms with Gasteiger partial charge in [0.25, 0.3) is 0 Å². The number of piperazine rings is 1. The molecule has 1 aliphatic heterocycles. The van der Waals surface area contributed by atoms with Gasteiger partial charge in [0, 0.05) is 6.42 Å². The lowest BCUT2D eigenvalue weighted by molar-refractivity contribution is -0.157. The van der Waals surface area contributed by atoms with Gasteiger partial charge in [-0.05, 0) is 70.5 Å². The Morgan fingerprint density at radius 2 is 1.73 bits per heavy atom. The summed E-state index contributed by atoms with van der Waals surface area (Å²) in [5.74, 6) is 0.147. The highest BCUT2D eigenvalue weighted by atomic mass is 32.1. The monoisotopic (exact) mass is 466 g/mol. The molecule has 2 aliphatic rings. The lowest BCUT2D eigenvalue weighted by atomic mass is 9.86. The van der Waals surface area contributed by atoms with E-state index in [1.165, 1.54) is 22.5 Å². The zero-order valence-electron chi connectivity index (χ0n) is 19.9. The van der Waals surface area contributed by atoms with E-state index in [4.69, 9.17) is 0 Å². The van der Waals surface area contributed by atoms with Crippen molar-refractivity contribution in [2.75, 3.05) is 0 Å². The van der Waals surface area contributed by atoms with E-state index in [0.29, 0.717) is 12.8 Å². The van der Waals surface area contributed by atoms with Gasteiger partial charge in [-0.25, -0.2) is 0 Å². The number of rotatable bonds is 8. The third-order valence-electron chi connectivity index (χ3n) is 6.76. The van der Waals surface area contributed by atoms with Gasteiger partial charge in [0.15, 0.2) is 5.78 Å². The fourth-order valence-corrected chi connectivity index (χ4v) is 6.00. The van der Waals surface area contributed by atoms with Crippen LogP contribution in [0, 0.1) is 17.8 Å². The molecule has 0 spiro atoms. The molecule has 2 heterocycles. The van der Waals surface area contributed by atoms with Gasteiger partial charge in [-0.1, -0.05) is 52.0 Å². The van der Waals surface area contributed by atoms with Crippen LogP contribution >= 0.6 is 11.3 Å². The van der Waals surface area contributed by atoms with Crippen LogP contribution in [0.3, 0.4) is 0 Å². The first-order valence-corrected chi connectivity index (χ1v) is 12.9. The highest BCUT2D eigenvalue weighted by molar-refractivity contribution is 7.08. The standard InChI is InChI=1S/C27H34N2O3S/c1-16(2)11-22-26(31)28-24(21-13-18-7-5-6-8-19(18)14-21)27(32)29(22)25(20-9-10-33-15-20)23(30)12-17(3)4/h5-10,15-17,21-22,24-25H,11-14H2,1-4H3,(H,28,31)/t22-,24-,25-/m1/s1. The Labute approximate surface area is 200 Å². The Morgan fingerprint density at radius 3 is 2.27 bits per heavy atom. The fraction of sp³-hybridized carbons (Fsp3) is 0.519. The molecule has 5 nitrogen and oxygen atoms in total. The van der Waals surface area contributed by atoms with Crippen LogP contribution in [-0.2, 0) is 27.2 Å². The Balaban J connectivity index is 1.71. The number of amides is 2. The second-order valence-corrected chi connectivity index (χ2v) is 11.1. The van der Waals surface area contributed by atoms with Crippen molar-refractivity contribution in [2.24, 2.45) is 17.8 Å². The first-order valence-electron chi connectivity index (χ1n) is 12.0. The molecule has 1 fully saturated rings. The Hall–Kier alpha value is -2.47. The number of fused-ring (bicyclic) bond motifs is 1. The summed E-state index contributed by atoms with van der Waals surface area (Å²) in [5.41, 5.74) is 3.30. The third kappa shape index (κ3) is 4.91. The van der Waals surface area contributed by atoms with E-state index in [2.05, 4.69) is 17.4 Å². The molecule has 0 saturated carbocycles. The molecule has 0 unspecified atom stereocenters. The number of ketones is 1. The van der Waals surface area contributed by atoms with Crippen molar-refractivity contribution >= 4 is 28.9 Å². The summed E-state index contributed by atoms with van der Waals surface area (Å²) in [7, 11) is 0. The quantitative estimate of drug-likeness (QED) is 0.620. The summed E-state index contributed by atoms with van der Waals surface area (Å²) < 4.78 is 0. The normalized spacial score (nSPS) is 22.1. The predicted molar refractivity (Wildman–Crippen MR) is 131 cm³/mol. The minimum absolute atomic E-state index is 0.00433. The minimum Gasteiger partial charge on any atom is -0.342 e. The zero-order chi connectivity index (χ0) is 23.7. The maximum atomic E-state index is 14.1. The van der Waals surface area contributed by atoms with Crippen molar-refractivity contribution in [2.45, 2.75) is 71.5 Å². The van der Waals surface area contributed by atoms with E-state index in [1.54, 1.807) is 4.90 Å². The van der Waals surface area contributed by atoms with Gasteiger partial charge in [-0.2, -0.15) is 11.3 Å². The van der Waals surface area contributed by atoms with Crippen molar-refractivity contribution in [1.82, 2.24) is 10.2 Å². The molecule has 2 aromatic rings. The van der Waals surface area contributed by atoms with Crippen LogP contribution in [-0.4, -0.2) is 34.6 Å². The zero-order valence-corrected chi connectivity index (χ0v) is 20.7. The maximum Gasteiger partial charge on any atom is 0.247 e. The highest BCUT2D eigenvalue weighted by Gasteiger charge is 2.49. The summed E-state index contributed by atoms with van der Waals surface area (Å²) >= 11 is 1.51. The van der Waals surface area contributed by atoms with Crippen LogP contribution in [0.15, 0.2) is 41.1 Å². The van der Waals surface area contributed by atoms with Crippen LogP contribution in [0.1, 0.15) is 63.3 Å². The highest BCUT2D eigenvalue weighted by Crippen LogP contribution is 2.36. The molecule has 0 bridgehead atoms. The first kappa shape index (κ1) is 23.7. The van der Waals surface area contributed by atoms with Gasteiger partial charge in [-0.3, -0.25) is 14.4 Å². The number of hydrogen-bond donors (Lipinski definition) is 1. The molecule has 1 aliphatic carbocycles. The topological polar surface area (TPSA) is 66.5 Å². The van der Waals surface area contributed by atoms with Crippen LogP contribution in [0.5, 0.6) is 0 Å². The smallest absolute Gasteiger partial charge is 0.247 e. The Kier molecular flexibility index (Phi) is 7.03. The first-order chi connectivity index (χ1) is 15.8. The molecular formula is C27H34N2O3S. The van der Waals surface area contributed by atoms with Crippen molar-refractivity contribution < 1.29 is 14.4 Å². The molecule has 4 rings (SSSR count). The van der Waals surface area contributed by atoms with Crippen LogP contribution in [0.4, 0.5) is 0 Å². The number of Topliss-reactive ketones (excluding diaryl/α,β-unsaturated/α-hetero) is 1. The summed E-state index contributed by atoms with van der Waals surface area (Å²) in [4.78, 5) is 42.7. The number of nitrogens with zero attached hydrogens (tertiary/aromatic N) is 1. The molecule has 1 aromatic carbocycles. The number of carbonyl (C=O) groups excluding carboxylic acids is 3. The van der Waals surface area contributed by atoms with Gasteiger partial charge in [-0.15, -0.1) is 0 Å². The van der Waals surface area contributed by atoms with E-state index in [1.807, 2.05) is 56.7 Å². The van der Waals surface area contributed by atoms with Crippen molar-refractivity contribution in [3.8, 4) is 0 Å². The Bertz CT molecular complexity index is 989. The lowest BCUT2D eigenvalue weighted by Crippen LogP contribution is -2.66. The van der Waals surface area contributed by atoms with Gasteiger partial charge >= 0.3 is 0 Å². The molecule has 33 heavy (non-hydrogen) atoms. The molecule has 1 aromatic heterocycles. The second-order valence-electron chi connectivity index (χ2n) is 10.3. The molecule has 6 heteroatoms. The molecule has 1 saturated heterocycles. The number of nitrogens with one attached hydrogen (secondary N) is 1. The Morgan fingerprint density at radius 1 is 1.06 bits per heavy atom. The van der Waals surface area contributed by atoms with E-state index in [0.717, 1.165) is 18.4 Å². The molecule has 176 valence electrons. The van der Waals surface area contributed by atoms with Crippen LogP contribution < -0.4 is 5.32 Å². The number of hydrogen-bond acceptors (Lipinski definition) is 4. The third-order valence-corrected chi connectivity index (χ3v) is 7.46. The summed E-state index contributed by atoms with van der Waals surface area (Å²) in [6.07, 6.45) is 2.43. The van der Waals surface area contributed by atoms with Crippen LogP contribution in [0.25, 0.3) is 0 Å². The molecule has 0 radical (unpaired) electrons. The number of thiophene rings is 1. The van der Waals surface area contributed by atoms with Gasteiger partial charge < -0.3 is 10.2 Å². The van der Waals surface area contributed by atoms with E-state index in [-0.39, 0.29) is 35.4 Å². The number of carbonyl (C=O) groups is 3.